The molecule has 3 heteroatoms. The second-order valence-corrected chi connectivity index (χ2v) is 4.16. The molecule has 0 aromatic carbocycles. The van der Waals surface area contributed by atoms with Gasteiger partial charge in [-0.25, -0.2) is 0 Å². The van der Waals surface area contributed by atoms with Crippen LogP contribution in [0.5, 0.6) is 0 Å². The average Bonchev–Trinajstić information content (AvgIpc) is 2.23. The monoisotopic (exact) mass is 213 g/mol. The summed E-state index contributed by atoms with van der Waals surface area (Å²) in [7, 11) is 2.01. The molecule has 0 amide bonds. The Balaban J connectivity index is 3.80. The van der Waals surface area contributed by atoms with Crippen molar-refractivity contribution < 1.29 is 0 Å². The van der Waals surface area contributed by atoms with Gasteiger partial charge in [0.05, 0.1) is 6.67 Å². The second-order valence-electron chi connectivity index (χ2n) is 4.16. The van der Waals surface area contributed by atoms with Crippen LogP contribution in [0.1, 0.15) is 33.6 Å². The average molecular weight is 213 g/mol. The first-order valence-electron chi connectivity index (χ1n) is 6.05. The summed E-state index contributed by atoms with van der Waals surface area (Å²) in [6.07, 6.45) is 4.34. The fourth-order valence-electron chi connectivity index (χ4n) is 1.66. The van der Waals surface area contributed by atoms with Gasteiger partial charge in [-0.2, -0.15) is 0 Å². The maximum atomic E-state index is 4.31. The quantitative estimate of drug-likeness (QED) is 0.593. The van der Waals surface area contributed by atoms with Crippen molar-refractivity contribution in [3.8, 4) is 0 Å². The molecule has 0 fully saturated rings. The lowest BCUT2D eigenvalue weighted by atomic mass is 10.1. The molecule has 1 N–H and O–H groups in total. The predicted octanol–water partition coefficient (Wildman–Crippen LogP) is 1.99. The molecule has 90 valence electrons. The van der Waals surface area contributed by atoms with E-state index in [4.69, 9.17) is 0 Å². The van der Waals surface area contributed by atoms with Crippen molar-refractivity contribution in [1.82, 2.24) is 10.2 Å². The molecule has 0 aliphatic heterocycles. The van der Waals surface area contributed by atoms with E-state index in [1.165, 1.54) is 12.8 Å². The van der Waals surface area contributed by atoms with Gasteiger partial charge in [-0.1, -0.05) is 13.8 Å². The van der Waals surface area contributed by atoms with E-state index in [0.29, 0.717) is 0 Å². The number of nitrogens with one attached hydrogen (secondary N) is 1. The number of nitrogens with zero attached hydrogens (tertiary/aromatic N) is 2. The summed E-state index contributed by atoms with van der Waals surface area (Å²) in [4.78, 5) is 6.74. The molecule has 0 spiro atoms. The van der Waals surface area contributed by atoms with E-state index in [0.717, 1.165) is 32.2 Å². The van der Waals surface area contributed by atoms with Crippen LogP contribution in [0.3, 0.4) is 0 Å². The SMILES string of the molecule is C/C=N\CN(CCC)CC(C)CCNC. The fourth-order valence-corrected chi connectivity index (χ4v) is 1.66. The zero-order chi connectivity index (χ0) is 11.5. The molecule has 0 aliphatic rings. The Labute approximate surface area is 95.0 Å². The molecule has 0 radical (unpaired) electrons. The fraction of sp³-hybridized carbons (Fsp3) is 0.917. The number of hydrogen-bond donors (Lipinski definition) is 1. The lowest BCUT2D eigenvalue weighted by Crippen LogP contribution is -2.30. The molecule has 1 unspecified atom stereocenters. The van der Waals surface area contributed by atoms with Crippen LogP contribution in [0, 0.1) is 5.92 Å². The number of hydrogen-bond acceptors (Lipinski definition) is 3. The van der Waals surface area contributed by atoms with Crippen molar-refractivity contribution in [1.29, 1.82) is 0 Å². The van der Waals surface area contributed by atoms with Crippen molar-refractivity contribution in [3.63, 3.8) is 0 Å². The smallest absolute Gasteiger partial charge is 0.0905 e. The standard InChI is InChI=1S/C12H27N3/c1-5-9-15(11-14-6-2)10-12(3)7-8-13-4/h6,12-13H,5,7-11H2,1-4H3/b14-6-. The Bertz CT molecular complexity index is 157. The van der Waals surface area contributed by atoms with E-state index in [-0.39, 0.29) is 0 Å². The lowest BCUT2D eigenvalue weighted by molar-refractivity contribution is 0.239. The summed E-state index contributed by atoms with van der Waals surface area (Å²) in [5.74, 6) is 0.746. The highest BCUT2D eigenvalue weighted by molar-refractivity contribution is 5.53. The van der Waals surface area contributed by atoms with Gasteiger partial charge in [0.2, 0.25) is 0 Å². The van der Waals surface area contributed by atoms with E-state index in [2.05, 4.69) is 29.1 Å². The molecule has 0 saturated carbocycles. The maximum Gasteiger partial charge on any atom is 0.0905 e. The van der Waals surface area contributed by atoms with Crippen LogP contribution in [0.15, 0.2) is 4.99 Å². The van der Waals surface area contributed by atoms with Gasteiger partial charge in [-0.3, -0.25) is 9.89 Å². The topological polar surface area (TPSA) is 27.6 Å². The molecule has 3 nitrogen and oxygen atoms in total. The van der Waals surface area contributed by atoms with Crippen LogP contribution in [0.25, 0.3) is 0 Å². The molecule has 0 aliphatic carbocycles. The summed E-state index contributed by atoms with van der Waals surface area (Å²) >= 11 is 0. The van der Waals surface area contributed by atoms with Gasteiger partial charge >= 0.3 is 0 Å². The van der Waals surface area contributed by atoms with Crippen LogP contribution in [0.2, 0.25) is 0 Å². The van der Waals surface area contributed by atoms with Gasteiger partial charge < -0.3 is 5.32 Å². The zero-order valence-corrected chi connectivity index (χ0v) is 10.8. The van der Waals surface area contributed by atoms with Gasteiger partial charge in [0, 0.05) is 6.54 Å². The molecule has 0 bridgehead atoms. The van der Waals surface area contributed by atoms with Crippen molar-refractivity contribution in [2.75, 3.05) is 33.4 Å². The highest BCUT2D eigenvalue weighted by Gasteiger charge is 2.08. The highest BCUT2D eigenvalue weighted by atomic mass is 15.2. The first-order chi connectivity index (χ1) is 7.24. The Morgan fingerprint density at radius 2 is 2.20 bits per heavy atom. The Morgan fingerprint density at radius 3 is 2.73 bits per heavy atom. The van der Waals surface area contributed by atoms with E-state index < -0.39 is 0 Å². The third-order valence-electron chi connectivity index (χ3n) is 2.46. The summed E-state index contributed by atoms with van der Waals surface area (Å²) in [6, 6.07) is 0. The third-order valence-corrected chi connectivity index (χ3v) is 2.46. The molecule has 0 heterocycles. The summed E-state index contributed by atoms with van der Waals surface area (Å²) < 4.78 is 0. The van der Waals surface area contributed by atoms with Crippen molar-refractivity contribution in [3.05, 3.63) is 0 Å². The third kappa shape index (κ3) is 8.58. The van der Waals surface area contributed by atoms with Crippen LogP contribution < -0.4 is 5.32 Å². The molecule has 1 atom stereocenters. The Hall–Kier alpha value is -0.410. The molecule has 15 heavy (non-hydrogen) atoms. The number of aliphatic imine (C=N–C) groups is 1. The first-order valence-corrected chi connectivity index (χ1v) is 6.05. The van der Waals surface area contributed by atoms with E-state index in [1.54, 1.807) is 0 Å². The highest BCUT2D eigenvalue weighted by Crippen LogP contribution is 2.05. The van der Waals surface area contributed by atoms with Gasteiger partial charge in [0.15, 0.2) is 0 Å². The summed E-state index contributed by atoms with van der Waals surface area (Å²) in [5, 5.41) is 3.20. The molecule has 0 saturated heterocycles. The summed E-state index contributed by atoms with van der Waals surface area (Å²) in [6.45, 7) is 10.8. The van der Waals surface area contributed by atoms with Crippen molar-refractivity contribution in [2.24, 2.45) is 10.9 Å². The van der Waals surface area contributed by atoms with Crippen LogP contribution in [0.4, 0.5) is 0 Å². The Morgan fingerprint density at radius 1 is 1.47 bits per heavy atom. The van der Waals surface area contributed by atoms with Crippen molar-refractivity contribution >= 4 is 6.21 Å². The Kier molecular flexibility index (Phi) is 9.84. The van der Waals surface area contributed by atoms with Gasteiger partial charge in [0.25, 0.3) is 0 Å². The van der Waals surface area contributed by atoms with E-state index in [9.17, 15) is 0 Å². The van der Waals surface area contributed by atoms with Gasteiger partial charge in [0.1, 0.15) is 0 Å². The molecular formula is C12H27N3. The predicted molar refractivity (Wildman–Crippen MR) is 68.6 cm³/mol. The molecular weight excluding hydrogens is 186 g/mol. The minimum absolute atomic E-state index is 0.746. The van der Waals surface area contributed by atoms with Crippen molar-refractivity contribution in [2.45, 2.75) is 33.6 Å². The minimum Gasteiger partial charge on any atom is -0.320 e. The van der Waals surface area contributed by atoms with Crippen LogP contribution in [-0.2, 0) is 0 Å². The van der Waals surface area contributed by atoms with Gasteiger partial charge in [-0.15, -0.1) is 0 Å². The molecule has 0 rings (SSSR count). The van der Waals surface area contributed by atoms with E-state index in [1.807, 2.05) is 20.2 Å². The van der Waals surface area contributed by atoms with Crippen LogP contribution >= 0.6 is 0 Å². The van der Waals surface area contributed by atoms with Crippen LogP contribution in [-0.4, -0.2) is 44.5 Å². The normalized spacial score (nSPS) is 13.9. The minimum atomic E-state index is 0.746. The van der Waals surface area contributed by atoms with E-state index >= 15 is 0 Å². The lowest BCUT2D eigenvalue weighted by Gasteiger charge is -2.23. The zero-order valence-electron chi connectivity index (χ0n) is 10.8. The number of rotatable bonds is 9. The second kappa shape index (κ2) is 10.1. The summed E-state index contributed by atoms with van der Waals surface area (Å²) in [5.41, 5.74) is 0. The molecule has 0 aromatic heterocycles. The molecule has 0 aromatic rings. The largest absolute Gasteiger partial charge is 0.320 e. The first kappa shape index (κ1) is 14.6. The maximum absolute atomic E-state index is 4.31. The van der Waals surface area contributed by atoms with Gasteiger partial charge in [-0.05, 0) is 52.0 Å².